The van der Waals surface area contributed by atoms with Crippen LogP contribution in [-0.2, 0) is 9.53 Å². The summed E-state index contributed by atoms with van der Waals surface area (Å²) in [6, 6.07) is 14.4. The molecule has 1 atom stereocenters. The maximum absolute atomic E-state index is 12.6. The highest BCUT2D eigenvalue weighted by molar-refractivity contribution is 7.14. The molecule has 0 fully saturated rings. The molecule has 2 heterocycles. The molecule has 0 saturated carbocycles. The largest absolute Gasteiger partial charge is 0.453 e. The molecule has 1 aliphatic heterocycles. The Kier molecular flexibility index (Phi) is 4.98. The summed E-state index contributed by atoms with van der Waals surface area (Å²) in [7, 11) is 0. The van der Waals surface area contributed by atoms with Crippen LogP contribution in [0.5, 0.6) is 0 Å². The first-order valence-corrected chi connectivity index (χ1v) is 9.93. The number of carbonyl (C=O) groups excluding carboxylic acids is 3. The molecule has 6 nitrogen and oxygen atoms in total. The number of fused-ring (bicyclic) bond motifs is 1. The number of nitrogens with zero attached hydrogens (tertiary/aromatic N) is 1. The van der Waals surface area contributed by atoms with Crippen molar-refractivity contribution in [2.45, 2.75) is 19.8 Å². The zero-order valence-electron chi connectivity index (χ0n) is 15.9. The summed E-state index contributed by atoms with van der Waals surface area (Å²) in [4.78, 5) is 41.7. The second-order valence-electron chi connectivity index (χ2n) is 6.79. The number of Topliss-reactive ketones (excluding diaryl/α,β-unsaturated/α-hetero) is 1. The molecule has 1 N–H and O–H groups in total. The fourth-order valence-corrected chi connectivity index (χ4v) is 4.06. The molecule has 0 aliphatic carbocycles. The number of benzene rings is 2. The molecule has 3 aromatic rings. The Morgan fingerprint density at radius 2 is 1.93 bits per heavy atom. The van der Waals surface area contributed by atoms with Crippen LogP contribution < -0.4 is 5.32 Å². The Hall–Kier alpha value is -3.32. The van der Waals surface area contributed by atoms with Gasteiger partial charge in [-0.3, -0.25) is 9.59 Å². The zero-order chi connectivity index (χ0) is 20.5. The van der Waals surface area contributed by atoms with Crippen LogP contribution in [0.3, 0.4) is 0 Å². The molecule has 0 saturated heterocycles. The van der Waals surface area contributed by atoms with Crippen molar-refractivity contribution in [1.29, 1.82) is 0 Å². The Balaban J connectivity index is 1.49. The minimum absolute atomic E-state index is 0.0926. The van der Waals surface area contributed by atoms with Gasteiger partial charge >= 0.3 is 5.97 Å². The molecule has 0 bridgehead atoms. The number of rotatable bonds is 5. The van der Waals surface area contributed by atoms with Crippen molar-refractivity contribution in [2.24, 2.45) is 0 Å². The van der Waals surface area contributed by atoms with Gasteiger partial charge in [0.15, 0.2) is 12.4 Å². The van der Waals surface area contributed by atoms with Crippen LogP contribution in [0.1, 0.15) is 43.4 Å². The summed E-state index contributed by atoms with van der Waals surface area (Å²) in [5.41, 5.74) is 3.27. The summed E-state index contributed by atoms with van der Waals surface area (Å²) in [6.07, 6.45) is 0. The first kappa shape index (κ1) is 19.0. The minimum atomic E-state index is -0.575. The SMILES string of the molecule is Cc1nc(-c2ccccc2)c(C(=O)OCC(=O)c2ccc3c(c2)[C@H](C)C(=O)N3)s1. The van der Waals surface area contributed by atoms with Gasteiger partial charge in [0.1, 0.15) is 4.88 Å². The number of amides is 1. The predicted octanol–water partition coefficient (Wildman–Crippen LogP) is 4.21. The number of esters is 1. The Labute approximate surface area is 171 Å². The van der Waals surface area contributed by atoms with Crippen LogP contribution >= 0.6 is 11.3 Å². The molecule has 1 amide bonds. The quantitative estimate of drug-likeness (QED) is 0.507. The third kappa shape index (κ3) is 3.69. The Bertz CT molecular complexity index is 1120. The first-order valence-electron chi connectivity index (χ1n) is 9.12. The van der Waals surface area contributed by atoms with E-state index in [9.17, 15) is 14.4 Å². The lowest BCUT2D eigenvalue weighted by molar-refractivity contribution is -0.116. The lowest BCUT2D eigenvalue weighted by Gasteiger charge is -2.07. The van der Waals surface area contributed by atoms with E-state index in [0.29, 0.717) is 21.8 Å². The van der Waals surface area contributed by atoms with Crippen molar-refractivity contribution in [3.63, 3.8) is 0 Å². The van der Waals surface area contributed by atoms with Crippen LogP contribution in [0.2, 0.25) is 0 Å². The molecule has 1 aromatic heterocycles. The number of anilines is 1. The first-order chi connectivity index (χ1) is 13.9. The van der Waals surface area contributed by atoms with Gasteiger partial charge < -0.3 is 10.1 Å². The van der Waals surface area contributed by atoms with E-state index in [4.69, 9.17) is 4.74 Å². The topological polar surface area (TPSA) is 85.4 Å². The number of ketones is 1. The van der Waals surface area contributed by atoms with Gasteiger partial charge in [-0.15, -0.1) is 11.3 Å². The number of carbonyl (C=O) groups is 3. The highest BCUT2D eigenvalue weighted by atomic mass is 32.1. The molecule has 0 unspecified atom stereocenters. The van der Waals surface area contributed by atoms with Gasteiger partial charge in [0.05, 0.1) is 16.6 Å². The molecule has 146 valence electrons. The van der Waals surface area contributed by atoms with E-state index in [0.717, 1.165) is 16.1 Å². The molecular weight excluding hydrogens is 388 g/mol. The number of aromatic nitrogens is 1. The Morgan fingerprint density at radius 1 is 1.17 bits per heavy atom. The minimum Gasteiger partial charge on any atom is -0.453 e. The van der Waals surface area contributed by atoms with E-state index in [1.54, 1.807) is 25.1 Å². The zero-order valence-corrected chi connectivity index (χ0v) is 16.7. The normalized spacial score (nSPS) is 15.0. The van der Waals surface area contributed by atoms with Crippen molar-refractivity contribution in [1.82, 2.24) is 4.98 Å². The van der Waals surface area contributed by atoms with Crippen molar-refractivity contribution in [3.8, 4) is 11.3 Å². The van der Waals surface area contributed by atoms with Gasteiger partial charge in [-0.25, -0.2) is 9.78 Å². The average molecular weight is 406 g/mol. The lowest BCUT2D eigenvalue weighted by Crippen LogP contribution is -2.14. The molecule has 0 radical (unpaired) electrons. The van der Waals surface area contributed by atoms with E-state index in [1.807, 2.05) is 37.3 Å². The number of aryl methyl sites for hydroxylation is 1. The third-order valence-electron chi connectivity index (χ3n) is 4.79. The van der Waals surface area contributed by atoms with E-state index < -0.39 is 5.97 Å². The van der Waals surface area contributed by atoms with Crippen LogP contribution in [0.4, 0.5) is 5.69 Å². The highest BCUT2D eigenvalue weighted by Crippen LogP contribution is 2.33. The summed E-state index contributed by atoms with van der Waals surface area (Å²) in [5, 5.41) is 3.51. The summed E-state index contributed by atoms with van der Waals surface area (Å²) < 4.78 is 5.29. The van der Waals surface area contributed by atoms with E-state index in [-0.39, 0.29) is 24.2 Å². The number of hydrogen-bond donors (Lipinski definition) is 1. The van der Waals surface area contributed by atoms with Crippen LogP contribution in [0.25, 0.3) is 11.3 Å². The number of thiazole rings is 1. The van der Waals surface area contributed by atoms with Crippen LogP contribution in [0.15, 0.2) is 48.5 Å². The molecular formula is C22H18N2O4S. The van der Waals surface area contributed by atoms with E-state index >= 15 is 0 Å². The van der Waals surface area contributed by atoms with Gasteiger partial charge in [-0.05, 0) is 37.6 Å². The maximum atomic E-state index is 12.6. The fraction of sp³-hybridized carbons (Fsp3) is 0.182. The van der Waals surface area contributed by atoms with Gasteiger partial charge in [-0.2, -0.15) is 0 Å². The van der Waals surface area contributed by atoms with Gasteiger partial charge in [0, 0.05) is 16.8 Å². The average Bonchev–Trinajstić information content (AvgIpc) is 3.26. The summed E-state index contributed by atoms with van der Waals surface area (Å²) in [5.74, 6) is -1.30. The predicted molar refractivity (Wildman–Crippen MR) is 110 cm³/mol. The molecule has 7 heteroatoms. The van der Waals surface area contributed by atoms with Crippen molar-refractivity contribution >= 4 is 34.7 Å². The fourth-order valence-electron chi connectivity index (χ4n) is 3.23. The Morgan fingerprint density at radius 3 is 2.69 bits per heavy atom. The second-order valence-corrected chi connectivity index (χ2v) is 7.99. The van der Waals surface area contributed by atoms with Crippen molar-refractivity contribution in [3.05, 3.63) is 69.5 Å². The monoisotopic (exact) mass is 406 g/mol. The molecule has 2 aromatic carbocycles. The number of nitrogens with one attached hydrogen (secondary N) is 1. The highest BCUT2D eigenvalue weighted by Gasteiger charge is 2.27. The second kappa shape index (κ2) is 7.60. The molecule has 0 spiro atoms. The number of hydrogen-bond acceptors (Lipinski definition) is 6. The molecule has 4 rings (SSSR count). The third-order valence-corrected chi connectivity index (χ3v) is 5.74. The van der Waals surface area contributed by atoms with E-state index in [2.05, 4.69) is 10.3 Å². The summed E-state index contributed by atoms with van der Waals surface area (Å²) in [6.45, 7) is 3.23. The van der Waals surface area contributed by atoms with Gasteiger partial charge in [0.2, 0.25) is 5.91 Å². The lowest BCUT2D eigenvalue weighted by atomic mass is 9.99. The molecule has 1 aliphatic rings. The number of ether oxygens (including phenoxy) is 1. The van der Waals surface area contributed by atoms with Gasteiger partial charge in [0.25, 0.3) is 0 Å². The van der Waals surface area contributed by atoms with Crippen LogP contribution in [0, 0.1) is 6.92 Å². The smallest absolute Gasteiger partial charge is 0.351 e. The van der Waals surface area contributed by atoms with Crippen molar-refractivity contribution < 1.29 is 19.1 Å². The van der Waals surface area contributed by atoms with Crippen LogP contribution in [-0.4, -0.2) is 29.3 Å². The maximum Gasteiger partial charge on any atom is 0.351 e. The standard InChI is InChI=1S/C22H18N2O4S/c1-12-16-10-15(8-9-17(16)24-21(12)26)18(25)11-28-22(27)20-19(23-13(2)29-20)14-6-4-3-5-7-14/h3-10,12H,11H2,1-2H3,(H,24,26)/t12-/m0/s1. The summed E-state index contributed by atoms with van der Waals surface area (Å²) >= 11 is 1.24. The van der Waals surface area contributed by atoms with Crippen molar-refractivity contribution in [2.75, 3.05) is 11.9 Å². The van der Waals surface area contributed by atoms with Gasteiger partial charge in [-0.1, -0.05) is 30.3 Å². The molecule has 29 heavy (non-hydrogen) atoms. The van der Waals surface area contributed by atoms with E-state index in [1.165, 1.54) is 11.3 Å².